The number of para-hydroxylation sites is 2. The molecule has 0 amide bonds. The van der Waals surface area contributed by atoms with Crippen LogP contribution in [0, 0.1) is 0 Å². The normalized spacial score (nSPS) is 16.2. The van der Waals surface area contributed by atoms with Crippen molar-refractivity contribution in [1.29, 1.82) is 0 Å². The van der Waals surface area contributed by atoms with E-state index >= 15 is 0 Å². The molecule has 1 unspecified atom stereocenters. The third kappa shape index (κ3) is 5.21. The van der Waals surface area contributed by atoms with Gasteiger partial charge in [0.15, 0.2) is 0 Å². The van der Waals surface area contributed by atoms with Gasteiger partial charge < -0.3 is 9.88 Å². The zero-order valence-electron chi connectivity index (χ0n) is 33.8. The molecule has 0 radical (unpaired) electrons. The second kappa shape index (κ2) is 13.8. The molecule has 5 heteroatoms. The summed E-state index contributed by atoms with van der Waals surface area (Å²) in [6, 6.07) is 53.3. The number of nitrogens with zero attached hydrogens (tertiary/aromatic N) is 4. The van der Waals surface area contributed by atoms with Crippen molar-refractivity contribution >= 4 is 71.1 Å². The first-order chi connectivity index (χ1) is 30.8. The molecule has 0 fully saturated rings. The Morgan fingerprint density at radius 3 is 1.74 bits per heavy atom. The van der Waals surface area contributed by atoms with E-state index in [4.69, 9.17) is 4.99 Å². The Hall–Kier alpha value is -8.02. The van der Waals surface area contributed by atoms with Crippen LogP contribution in [0.2, 0.25) is 0 Å². The third-order valence-corrected chi connectivity index (χ3v) is 13.1. The van der Waals surface area contributed by atoms with Gasteiger partial charge in [-0.15, -0.1) is 0 Å². The molecule has 10 aromatic rings. The van der Waals surface area contributed by atoms with Crippen LogP contribution in [-0.4, -0.2) is 26.1 Å². The average Bonchev–Trinajstić information content (AvgIpc) is 3.87. The minimum Gasteiger partial charge on any atom is -0.345 e. The minimum atomic E-state index is 0.0170. The van der Waals surface area contributed by atoms with Crippen LogP contribution in [0.1, 0.15) is 12.8 Å². The molecule has 0 saturated carbocycles. The van der Waals surface area contributed by atoms with Crippen molar-refractivity contribution in [2.75, 3.05) is 0 Å². The molecule has 292 valence electrons. The molecule has 0 spiro atoms. The van der Waals surface area contributed by atoms with Gasteiger partial charge in [0, 0.05) is 33.3 Å². The van der Waals surface area contributed by atoms with Crippen molar-refractivity contribution < 1.29 is 0 Å². The topological polar surface area (TPSA) is 47.1 Å². The summed E-state index contributed by atoms with van der Waals surface area (Å²) in [5.74, 6) is 0.835. The molecule has 2 aliphatic carbocycles. The summed E-state index contributed by atoms with van der Waals surface area (Å²) in [5, 5.41) is 13.7. The summed E-state index contributed by atoms with van der Waals surface area (Å²) in [5.41, 5.74) is 13.8. The number of nitrogens with one attached hydrogen (secondary N) is 1. The van der Waals surface area contributed by atoms with Crippen LogP contribution in [0.25, 0.3) is 93.1 Å². The first kappa shape index (κ1) is 34.8. The fraction of sp³-hybridized carbons (Fsp3) is 0.0526. The molecule has 1 aliphatic heterocycles. The quantitative estimate of drug-likeness (QED) is 0.193. The van der Waals surface area contributed by atoms with Crippen molar-refractivity contribution in [3.05, 3.63) is 217 Å². The first-order valence-corrected chi connectivity index (χ1v) is 21.5. The van der Waals surface area contributed by atoms with Crippen molar-refractivity contribution in [1.82, 2.24) is 19.4 Å². The van der Waals surface area contributed by atoms with Gasteiger partial charge >= 0.3 is 0 Å². The van der Waals surface area contributed by atoms with Gasteiger partial charge in [0.25, 0.3) is 0 Å². The lowest BCUT2D eigenvalue weighted by Crippen LogP contribution is -2.42. The number of aliphatic imine (C=N–C) groups is 1. The van der Waals surface area contributed by atoms with E-state index in [1.165, 1.54) is 82.0 Å². The highest BCUT2D eigenvalue weighted by atomic mass is 15.2. The van der Waals surface area contributed by atoms with Crippen LogP contribution in [0.15, 0.2) is 222 Å². The number of fused-ring (bicyclic) bond motifs is 11. The second-order valence-corrected chi connectivity index (χ2v) is 16.5. The maximum absolute atomic E-state index is 5.48. The van der Waals surface area contributed by atoms with E-state index in [1.807, 2.05) is 18.5 Å². The predicted octanol–water partition coefficient (Wildman–Crippen LogP) is 13.8. The number of rotatable bonds is 4. The number of aromatic nitrogens is 3. The molecular weight excluding hydrogens is 755 g/mol. The molecule has 4 heterocycles. The van der Waals surface area contributed by atoms with Crippen LogP contribution in [0.5, 0.6) is 0 Å². The van der Waals surface area contributed by atoms with Gasteiger partial charge in [0.05, 0.1) is 45.7 Å². The Kier molecular flexibility index (Phi) is 7.73. The highest BCUT2D eigenvalue weighted by Crippen LogP contribution is 2.44. The Labute approximate surface area is 358 Å². The van der Waals surface area contributed by atoms with Crippen molar-refractivity contribution in [2.45, 2.75) is 18.9 Å². The number of hydrogen-bond donors (Lipinski definition) is 1. The molecule has 62 heavy (non-hydrogen) atoms. The van der Waals surface area contributed by atoms with E-state index in [2.05, 4.69) is 201 Å². The van der Waals surface area contributed by atoms with Crippen LogP contribution >= 0.6 is 0 Å². The maximum Gasteiger partial charge on any atom is 0.209 e. The van der Waals surface area contributed by atoms with Gasteiger partial charge in [-0.3, -0.25) is 9.55 Å². The largest absolute Gasteiger partial charge is 0.345 e. The van der Waals surface area contributed by atoms with Gasteiger partial charge in [0.1, 0.15) is 0 Å². The Morgan fingerprint density at radius 2 is 1.13 bits per heavy atom. The van der Waals surface area contributed by atoms with E-state index in [1.54, 1.807) is 0 Å². The SMILES string of the molecule is C1=CC2=C(C3=CCCC=C3)N=C(n3c4ccccc4c4c5ccccc5c(-c5ccc(-c6cc7c(c8ccccc68)c6ccccc6n7-c6cccnc6)cc5)cc43)NC2C=C1. The van der Waals surface area contributed by atoms with E-state index in [-0.39, 0.29) is 6.04 Å². The summed E-state index contributed by atoms with van der Waals surface area (Å²) < 4.78 is 4.71. The molecule has 3 aromatic heterocycles. The number of benzene rings is 7. The minimum absolute atomic E-state index is 0.0170. The van der Waals surface area contributed by atoms with Crippen molar-refractivity contribution in [2.24, 2.45) is 4.99 Å². The molecule has 3 aliphatic rings. The highest BCUT2D eigenvalue weighted by Gasteiger charge is 2.28. The molecule has 13 rings (SSSR count). The molecule has 1 atom stereocenters. The van der Waals surface area contributed by atoms with Crippen LogP contribution in [-0.2, 0) is 0 Å². The lowest BCUT2D eigenvalue weighted by atomic mass is 9.91. The Morgan fingerprint density at radius 1 is 0.532 bits per heavy atom. The first-order valence-electron chi connectivity index (χ1n) is 21.5. The second-order valence-electron chi connectivity index (χ2n) is 16.5. The third-order valence-electron chi connectivity index (χ3n) is 13.1. The summed E-state index contributed by atoms with van der Waals surface area (Å²) in [7, 11) is 0. The molecule has 5 nitrogen and oxygen atoms in total. The van der Waals surface area contributed by atoms with Gasteiger partial charge in [-0.25, -0.2) is 4.99 Å². The van der Waals surface area contributed by atoms with Gasteiger partial charge in [-0.1, -0.05) is 152 Å². The zero-order chi connectivity index (χ0) is 40.7. The maximum atomic E-state index is 5.48. The monoisotopic (exact) mass is 793 g/mol. The molecular formula is C57H39N5. The molecule has 7 aromatic carbocycles. The van der Waals surface area contributed by atoms with Crippen LogP contribution < -0.4 is 5.32 Å². The van der Waals surface area contributed by atoms with E-state index in [0.717, 1.165) is 46.8 Å². The Bertz CT molecular complexity index is 3700. The van der Waals surface area contributed by atoms with E-state index in [9.17, 15) is 0 Å². The summed E-state index contributed by atoms with van der Waals surface area (Å²) in [4.78, 5) is 10.00. The summed E-state index contributed by atoms with van der Waals surface area (Å²) in [6.45, 7) is 0. The predicted molar refractivity (Wildman–Crippen MR) is 259 cm³/mol. The zero-order valence-corrected chi connectivity index (χ0v) is 33.8. The van der Waals surface area contributed by atoms with E-state index < -0.39 is 0 Å². The van der Waals surface area contributed by atoms with Crippen molar-refractivity contribution in [3.8, 4) is 27.9 Å². The highest BCUT2D eigenvalue weighted by molar-refractivity contribution is 6.27. The lowest BCUT2D eigenvalue weighted by molar-refractivity contribution is 0.785. The Balaban J connectivity index is 1.01. The van der Waals surface area contributed by atoms with Gasteiger partial charge in [-0.2, -0.15) is 0 Å². The van der Waals surface area contributed by atoms with Gasteiger partial charge in [-0.05, 0) is 98.6 Å². The summed E-state index contributed by atoms with van der Waals surface area (Å²) in [6.07, 6.45) is 21.4. The van der Waals surface area contributed by atoms with Gasteiger partial charge in [0.2, 0.25) is 5.96 Å². The molecule has 0 saturated heterocycles. The fourth-order valence-electron chi connectivity index (χ4n) is 10.3. The standard InChI is InChI=1S/C57H39N5/c1-2-15-38(16-3-1)56-44-22-8-11-25-49(44)59-57(60-56)62-51-27-13-10-24-46(51)55-43-21-7-5-19-41(43)48(34-53(55)62)37-30-28-36(29-31-37)47-33-52-54(42-20-6-4-18-40(42)47)45-23-9-12-26-50(45)61(52)39-17-14-32-58-35-39/h2,4-35,49H,1,3H2,(H,59,60). The lowest BCUT2D eigenvalue weighted by Gasteiger charge is -2.29. The number of allylic oxidation sites excluding steroid dienone is 5. The fourth-order valence-corrected chi connectivity index (χ4v) is 10.3. The molecule has 0 bridgehead atoms. The average molecular weight is 794 g/mol. The smallest absolute Gasteiger partial charge is 0.209 e. The van der Waals surface area contributed by atoms with Crippen LogP contribution in [0.4, 0.5) is 0 Å². The number of hydrogen-bond acceptors (Lipinski definition) is 3. The van der Waals surface area contributed by atoms with Crippen molar-refractivity contribution in [3.63, 3.8) is 0 Å². The van der Waals surface area contributed by atoms with Crippen LogP contribution in [0.3, 0.4) is 0 Å². The molecule has 1 N–H and O–H groups in total. The number of pyridine rings is 1. The summed E-state index contributed by atoms with van der Waals surface area (Å²) >= 11 is 0. The van der Waals surface area contributed by atoms with E-state index in [0.29, 0.717) is 0 Å².